The molecule has 0 spiro atoms. The summed E-state index contributed by atoms with van der Waals surface area (Å²) in [4.78, 5) is 2.39. The first-order chi connectivity index (χ1) is 8.65. The van der Waals surface area contributed by atoms with Crippen molar-refractivity contribution in [1.29, 1.82) is 0 Å². The monoisotopic (exact) mass is 248 g/mol. The molecule has 2 rings (SSSR count). The summed E-state index contributed by atoms with van der Waals surface area (Å²) < 4.78 is 5.77. The van der Waals surface area contributed by atoms with Crippen molar-refractivity contribution < 1.29 is 4.74 Å². The Bertz CT molecular complexity index is 371. The van der Waals surface area contributed by atoms with E-state index in [4.69, 9.17) is 10.5 Å². The Morgan fingerprint density at radius 2 is 2.06 bits per heavy atom. The van der Waals surface area contributed by atoms with E-state index in [1.165, 1.54) is 5.69 Å². The average molecular weight is 248 g/mol. The van der Waals surface area contributed by atoms with Crippen LogP contribution in [0.4, 0.5) is 5.69 Å². The van der Waals surface area contributed by atoms with Gasteiger partial charge in [-0.05, 0) is 30.9 Å². The summed E-state index contributed by atoms with van der Waals surface area (Å²) in [6, 6.07) is 8.76. The van der Waals surface area contributed by atoms with Gasteiger partial charge in [-0.2, -0.15) is 0 Å². The maximum atomic E-state index is 5.93. The molecule has 0 atom stereocenters. The number of rotatable bonds is 4. The smallest absolute Gasteiger partial charge is 0.121 e. The summed E-state index contributed by atoms with van der Waals surface area (Å²) in [5, 5.41) is 0. The van der Waals surface area contributed by atoms with Crippen LogP contribution in [-0.4, -0.2) is 25.7 Å². The van der Waals surface area contributed by atoms with Gasteiger partial charge in [0.2, 0.25) is 0 Å². The normalized spacial score (nSPS) is 17.2. The number of nitrogens with zero attached hydrogens (tertiary/aromatic N) is 1. The molecule has 1 saturated heterocycles. The van der Waals surface area contributed by atoms with E-state index in [9.17, 15) is 0 Å². The van der Waals surface area contributed by atoms with Crippen molar-refractivity contribution in [3.63, 3.8) is 0 Å². The second kappa shape index (κ2) is 6.10. The number of piperidine rings is 1. The van der Waals surface area contributed by atoms with Crippen molar-refractivity contribution in [3.8, 4) is 5.75 Å². The fourth-order valence-electron chi connectivity index (χ4n) is 2.19. The Morgan fingerprint density at radius 3 is 2.72 bits per heavy atom. The van der Waals surface area contributed by atoms with Crippen molar-refractivity contribution >= 4 is 5.69 Å². The number of hydrogen-bond donors (Lipinski definition) is 1. The first-order valence-electron chi connectivity index (χ1n) is 6.88. The molecule has 1 aromatic carbocycles. The zero-order valence-corrected chi connectivity index (χ0v) is 11.4. The Labute approximate surface area is 110 Å². The number of nitrogens with two attached hydrogens (primary N) is 1. The first kappa shape index (κ1) is 13.2. The predicted octanol–water partition coefficient (Wildman–Crippen LogP) is 2.65. The van der Waals surface area contributed by atoms with Crippen LogP contribution in [0.15, 0.2) is 24.3 Å². The maximum absolute atomic E-state index is 5.93. The summed E-state index contributed by atoms with van der Waals surface area (Å²) in [7, 11) is 0. The highest BCUT2D eigenvalue weighted by Crippen LogP contribution is 2.24. The van der Waals surface area contributed by atoms with Gasteiger partial charge >= 0.3 is 0 Å². The fourth-order valence-corrected chi connectivity index (χ4v) is 2.19. The first-order valence-corrected chi connectivity index (χ1v) is 6.88. The standard InChI is InChI=1S/C15H24N2O/c1-12(2)11-18-15-5-3-4-14(10-15)17-8-6-13(16)7-9-17/h3-5,10,12-13H,6-9,11,16H2,1-2H3. The van der Waals surface area contributed by atoms with E-state index in [0.29, 0.717) is 12.0 Å². The molecule has 18 heavy (non-hydrogen) atoms. The molecule has 0 aromatic heterocycles. The molecule has 100 valence electrons. The lowest BCUT2D eigenvalue weighted by molar-refractivity contribution is 0.271. The zero-order valence-electron chi connectivity index (χ0n) is 11.4. The minimum atomic E-state index is 0.377. The van der Waals surface area contributed by atoms with Gasteiger partial charge < -0.3 is 15.4 Å². The van der Waals surface area contributed by atoms with Crippen molar-refractivity contribution in [2.75, 3.05) is 24.6 Å². The summed E-state index contributed by atoms with van der Waals surface area (Å²) in [5.41, 5.74) is 7.19. The quantitative estimate of drug-likeness (QED) is 0.890. The second-order valence-corrected chi connectivity index (χ2v) is 5.53. The summed E-state index contributed by atoms with van der Waals surface area (Å²) in [6.45, 7) is 7.20. The molecule has 3 heteroatoms. The second-order valence-electron chi connectivity index (χ2n) is 5.53. The van der Waals surface area contributed by atoms with Crippen LogP contribution in [0.2, 0.25) is 0 Å². The van der Waals surface area contributed by atoms with Crippen LogP contribution in [0.25, 0.3) is 0 Å². The molecule has 0 radical (unpaired) electrons. The van der Waals surface area contributed by atoms with Gasteiger partial charge in [-0.25, -0.2) is 0 Å². The van der Waals surface area contributed by atoms with Crippen LogP contribution in [0.5, 0.6) is 5.75 Å². The minimum absolute atomic E-state index is 0.377. The lowest BCUT2D eigenvalue weighted by Crippen LogP contribution is -2.39. The van der Waals surface area contributed by atoms with Crippen LogP contribution in [0, 0.1) is 5.92 Å². The number of ether oxygens (including phenoxy) is 1. The number of anilines is 1. The highest BCUT2D eigenvalue weighted by atomic mass is 16.5. The molecular weight excluding hydrogens is 224 g/mol. The number of benzene rings is 1. The van der Waals surface area contributed by atoms with Gasteiger partial charge in [-0.1, -0.05) is 19.9 Å². The van der Waals surface area contributed by atoms with E-state index in [1.54, 1.807) is 0 Å². The van der Waals surface area contributed by atoms with Gasteiger partial charge in [0.25, 0.3) is 0 Å². The lowest BCUT2D eigenvalue weighted by atomic mass is 10.1. The highest BCUT2D eigenvalue weighted by Gasteiger charge is 2.16. The fraction of sp³-hybridized carbons (Fsp3) is 0.600. The van der Waals surface area contributed by atoms with Crippen LogP contribution < -0.4 is 15.4 Å². The molecular formula is C15H24N2O. The van der Waals surface area contributed by atoms with Crippen LogP contribution in [0.1, 0.15) is 26.7 Å². The Hall–Kier alpha value is -1.22. The zero-order chi connectivity index (χ0) is 13.0. The molecule has 0 saturated carbocycles. The highest BCUT2D eigenvalue weighted by molar-refractivity contribution is 5.51. The topological polar surface area (TPSA) is 38.5 Å². The molecule has 1 aliphatic rings. The minimum Gasteiger partial charge on any atom is -0.493 e. The summed E-state index contributed by atoms with van der Waals surface area (Å²) >= 11 is 0. The van der Waals surface area contributed by atoms with E-state index < -0.39 is 0 Å². The van der Waals surface area contributed by atoms with Gasteiger partial charge in [0, 0.05) is 30.9 Å². The van der Waals surface area contributed by atoms with Crippen LogP contribution in [0.3, 0.4) is 0 Å². The third-order valence-electron chi connectivity index (χ3n) is 3.31. The molecule has 0 aliphatic carbocycles. The van der Waals surface area contributed by atoms with Crippen LogP contribution >= 0.6 is 0 Å². The lowest BCUT2D eigenvalue weighted by Gasteiger charge is -2.32. The van der Waals surface area contributed by atoms with Gasteiger partial charge in [0.15, 0.2) is 0 Å². The molecule has 0 bridgehead atoms. The van der Waals surface area contributed by atoms with Crippen LogP contribution in [-0.2, 0) is 0 Å². The third kappa shape index (κ3) is 3.64. The molecule has 1 aliphatic heterocycles. The van der Waals surface area contributed by atoms with Crippen molar-refractivity contribution in [2.24, 2.45) is 11.7 Å². The molecule has 1 heterocycles. The van der Waals surface area contributed by atoms with Gasteiger partial charge in [-0.15, -0.1) is 0 Å². The molecule has 1 fully saturated rings. The SMILES string of the molecule is CC(C)COc1cccc(N2CCC(N)CC2)c1. The Balaban J connectivity index is 1.98. The Morgan fingerprint density at radius 1 is 1.33 bits per heavy atom. The van der Waals surface area contributed by atoms with Gasteiger partial charge in [0.1, 0.15) is 5.75 Å². The van der Waals surface area contributed by atoms with E-state index in [0.717, 1.165) is 38.3 Å². The molecule has 0 unspecified atom stereocenters. The average Bonchev–Trinajstić information content (AvgIpc) is 2.37. The van der Waals surface area contributed by atoms with E-state index in [-0.39, 0.29) is 0 Å². The van der Waals surface area contributed by atoms with Crippen molar-refractivity contribution in [1.82, 2.24) is 0 Å². The summed E-state index contributed by atoms with van der Waals surface area (Å²) in [5.74, 6) is 1.53. The van der Waals surface area contributed by atoms with E-state index in [1.807, 2.05) is 6.07 Å². The summed E-state index contributed by atoms with van der Waals surface area (Å²) in [6.07, 6.45) is 2.16. The van der Waals surface area contributed by atoms with Gasteiger partial charge in [-0.3, -0.25) is 0 Å². The molecule has 1 aromatic rings. The van der Waals surface area contributed by atoms with Crippen molar-refractivity contribution in [2.45, 2.75) is 32.7 Å². The Kier molecular flexibility index (Phi) is 4.48. The van der Waals surface area contributed by atoms with Crippen molar-refractivity contribution in [3.05, 3.63) is 24.3 Å². The largest absolute Gasteiger partial charge is 0.493 e. The van der Waals surface area contributed by atoms with E-state index >= 15 is 0 Å². The molecule has 2 N–H and O–H groups in total. The molecule has 0 amide bonds. The predicted molar refractivity (Wildman–Crippen MR) is 76.2 cm³/mol. The third-order valence-corrected chi connectivity index (χ3v) is 3.31. The van der Waals surface area contributed by atoms with E-state index in [2.05, 4.69) is 36.9 Å². The maximum Gasteiger partial charge on any atom is 0.121 e. The van der Waals surface area contributed by atoms with Gasteiger partial charge in [0.05, 0.1) is 6.61 Å². The molecule has 3 nitrogen and oxygen atoms in total. The number of hydrogen-bond acceptors (Lipinski definition) is 3.